The lowest BCUT2D eigenvalue weighted by Crippen LogP contribution is -2.21. The van der Waals surface area contributed by atoms with Gasteiger partial charge in [-0.1, -0.05) is 30.3 Å². The first-order valence-electron chi connectivity index (χ1n) is 11.7. The van der Waals surface area contributed by atoms with E-state index in [2.05, 4.69) is 0 Å². The first kappa shape index (κ1) is 26.5. The molecule has 0 aliphatic heterocycles. The van der Waals surface area contributed by atoms with Crippen LogP contribution in [0.3, 0.4) is 0 Å². The Hall–Kier alpha value is -4.14. The van der Waals surface area contributed by atoms with Crippen molar-refractivity contribution in [1.29, 1.82) is 0 Å². The zero-order chi connectivity index (χ0) is 26.1. The number of hydrogen-bond donors (Lipinski definition) is 0. The molecule has 0 N–H and O–H groups in total. The van der Waals surface area contributed by atoms with E-state index in [1.165, 1.54) is 12.1 Å². The van der Waals surface area contributed by atoms with Crippen LogP contribution in [0.1, 0.15) is 36.7 Å². The molecule has 2 heterocycles. The molecule has 9 heteroatoms. The average Bonchev–Trinajstić information content (AvgIpc) is 2.86. The summed E-state index contributed by atoms with van der Waals surface area (Å²) in [6, 6.07) is 12.2. The Morgan fingerprint density at radius 1 is 0.778 bits per heavy atom. The van der Waals surface area contributed by atoms with E-state index in [0.717, 1.165) is 5.56 Å². The Morgan fingerprint density at radius 2 is 1.33 bits per heavy atom. The molecule has 0 amide bonds. The predicted molar refractivity (Wildman–Crippen MR) is 133 cm³/mol. The molecule has 190 valence electrons. The fraction of sp³-hybridized carbons (Fsp3) is 0.333. The van der Waals surface area contributed by atoms with Crippen LogP contribution >= 0.6 is 0 Å². The Morgan fingerprint density at radius 3 is 1.94 bits per heavy atom. The van der Waals surface area contributed by atoms with E-state index >= 15 is 0 Å². The molecular weight excluding hydrogens is 464 g/mol. The van der Waals surface area contributed by atoms with Gasteiger partial charge < -0.3 is 23.3 Å². The van der Waals surface area contributed by atoms with Crippen molar-refractivity contribution in [2.45, 2.75) is 53.3 Å². The molecule has 9 nitrogen and oxygen atoms in total. The third kappa shape index (κ3) is 6.94. The second-order valence-corrected chi connectivity index (χ2v) is 8.13. The van der Waals surface area contributed by atoms with E-state index in [4.69, 9.17) is 14.2 Å². The summed E-state index contributed by atoms with van der Waals surface area (Å²) in [5.74, 6) is -0.797. The molecule has 2 aromatic heterocycles. The van der Waals surface area contributed by atoms with Gasteiger partial charge in [-0.15, -0.1) is 0 Å². The third-order valence-electron chi connectivity index (χ3n) is 5.64. The lowest BCUT2D eigenvalue weighted by molar-refractivity contribution is -0.143. The zero-order valence-corrected chi connectivity index (χ0v) is 20.7. The SMILES string of the molecule is CCOC(=O)CCn1ccc(=O)c(OC(=O)CCn2ccc(=O)c(OCc3ccccc3)c2C)c1C. The molecule has 0 spiro atoms. The van der Waals surface area contributed by atoms with Crippen molar-refractivity contribution >= 4 is 11.9 Å². The molecular formula is C27H30N2O7. The van der Waals surface area contributed by atoms with Crippen LogP contribution in [0.15, 0.2) is 64.4 Å². The van der Waals surface area contributed by atoms with Gasteiger partial charge in [-0.2, -0.15) is 0 Å². The number of esters is 2. The van der Waals surface area contributed by atoms with Crippen LogP contribution in [0, 0.1) is 13.8 Å². The minimum absolute atomic E-state index is 0.0293. The summed E-state index contributed by atoms with van der Waals surface area (Å²) in [6.07, 6.45) is 3.25. The van der Waals surface area contributed by atoms with Gasteiger partial charge in [0.2, 0.25) is 10.9 Å². The zero-order valence-electron chi connectivity index (χ0n) is 20.7. The summed E-state index contributed by atoms with van der Waals surface area (Å²) >= 11 is 0. The first-order chi connectivity index (χ1) is 17.3. The smallest absolute Gasteiger partial charge is 0.313 e. The number of carbonyl (C=O) groups is 2. The van der Waals surface area contributed by atoms with Crippen molar-refractivity contribution in [3.8, 4) is 11.5 Å². The summed E-state index contributed by atoms with van der Waals surface area (Å²) in [5.41, 5.74) is 1.29. The highest BCUT2D eigenvalue weighted by atomic mass is 16.5. The van der Waals surface area contributed by atoms with E-state index < -0.39 is 11.4 Å². The number of rotatable bonds is 11. The molecule has 0 unspecified atom stereocenters. The van der Waals surface area contributed by atoms with Crippen LogP contribution in [-0.4, -0.2) is 27.7 Å². The maximum absolute atomic E-state index is 12.6. The second kappa shape index (κ2) is 12.5. The molecule has 0 saturated carbocycles. The van der Waals surface area contributed by atoms with E-state index in [-0.39, 0.29) is 55.4 Å². The van der Waals surface area contributed by atoms with Gasteiger partial charge in [0, 0.05) is 37.6 Å². The van der Waals surface area contributed by atoms with Crippen LogP contribution in [0.4, 0.5) is 0 Å². The molecule has 0 aliphatic rings. The van der Waals surface area contributed by atoms with Gasteiger partial charge >= 0.3 is 11.9 Å². The monoisotopic (exact) mass is 494 g/mol. The van der Waals surface area contributed by atoms with E-state index in [1.54, 1.807) is 42.3 Å². The quantitative estimate of drug-likeness (QED) is 0.377. The Labute approximate surface area is 208 Å². The molecule has 0 saturated heterocycles. The summed E-state index contributed by atoms with van der Waals surface area (Å²) in [7, 11) is 0. The van der Waals surface area contributed by atoms with Gasteiger partial charge in [-0.05, 0) is 26.3 Å². The molecule has 0 radical (unpaired) electrons. The highest BCUT2D eigenvalue weighted by Gasteiger charge is 2.16. The number of nitrogens with zero attached hydrogens (tertiary/aromatic N) is 2. The summed E-state index contributed by atoms with van der Waals surface area (Å²) in [5, 5.41) is 0. The molecule has 3 rings (SSSR count). The van der Waals surface area contributed by atoms with Crippen LogP contribution in [0.5, 0.6) is 11.5 Å². The van der Waals surface area contributed by atoms with E-state index in [9.17, 15) is 19.2 Å². The number of aromatic nitrogens is 2. The second-order valence-electron chi connectivity index (χ2n) is 8.13. The Bertz CT molecular complexity index is 1330. The molecule has 36 heavy (non-hydrogen) atoms. The largest absolute Gasteiger partial charge is 0.483 e. The number of benzene rings is 1. The summed E-state index contributed by atoms with van der Waals surface area (Å²) in [6.45, 7) is 6.19. The number of carbonyl (C=O) groups excluding carboxylic acids is 2. The third-order valence-corrected chi connectivity index (χ3v) is 5.64. The highest BCUT2D eigenvalue weighted by molar-refractivity contribution is 5.72. The minimum atomic E-state index is -0.594. The number of hydrogen-bond acceptors (Lipinski definition) is 7. The Kier molecular flexibility index (Phi) is 9.21. The molecule has 0 bridgehead atoms. The van der Waals surface area contributed by atoms with Gasteiger partial charge in [-0.3, -0.25) is 19.2 Å². The van der Waals surface area contributed by atoms with E-state index in [1.807, 2.05) is 30.3 Å². The Balaban J connectivity index is 1.65. The average molecular weight is 495 g/mol. The predicted octanol–water partition coefficient (Wildman–Crippen LogP) is 3.15. The van der Waals surface area contributed by atoms with Gasteiger partial charge in [0.15, 0.2) is 11.5 Å². The minimum Gasteiger partial charge on any atom is -0.483 e. The van der Waals surface area contributed by atoms with Gasteiger partial charge in [-0.25, -0.2) is 0 Å². The molecule has 0 fully saturated rings. The van der Waals surface area contributed by atoms with Crippen LogP contribution in [-0.2, 0) is 34.0 Å². The summed E-state index contributed by atoms with van der Waals surface area (Å²) < 4.78 is 19.5. The standard InChI is InChI=1S/C27H30N2O7/c1-4-34-24(32)12-16-29-15-11-23(31)27(20(29)3)36-25(33)13-17-28-14-10-22(30)26(19(28)2)35-18-21-8-6-5-7-9-21/h5-11,14-15H,4,12-13,16-18H2,1-3H3. The molecule has 0 aliphatic carbocycles. The fourth-order valence-corrected chi connectivity index (χ4v) is 3.64. The lowest BCUT2D eigenvalue weighted by atomic mass is 10.2. The van der Waals surface area contributed by atoms with Crippen molar-refractivity contribution in [3.63, 3.8) is 0 Å². The van der Waals surface area contributed by atoms with Crippen LogP contribution in [0.25, 0.3) is 0 Å². The number of pyridine rings is 2. The maximum Gasteiger partial charge on any atom is 0.313 e. The van der Waals surface area contributed by atoms with Crippen LogP contribution in [0.2, 0.25) is 0 Å². The van der Waals surface area contributed by atoms with Gasteiger partial charge in [0.1, 0.15) is 6.61 Å². The van der Waals surface area contributed by atoms with E-state index in [0.29, 0.717) is 18.0 Å². The number of ether oxygens (including phenoxy) is 3. The normalized spacial score (nSPS) is 10.6. The van der Waals surface area contributed by atoms with Crippen molar-refractivity contribution in [3.05, 3.63) is 92.3 Å². The van der Waals surface area contributed by atoms with Gasteiger partial charge in [0.05, 0.1) is 30.8 Å². The summed E-state index contributed by atoms with van der Waals surface area (Å²) in [4.78, 5) is 48.9. The highest BCUT2D eigenvalue weighted by Crippen LogP contribution is 2.16. The van der Waals surface area contributed by atoms with Crippen molar-refractivity contribution in [1.82, 2.24) is 9.13 Å². The van der Waals surface area contributed by atoms with Crippen molar-refractivity contribution in [2.24, 2.45) is 0 Å². The first-order valence-corrected chi connectivity index (χ1v) is 11.7. The number of aryl methyl sites for hydroxylation is 2. The lowest BCUT2D eigenvalue weighted by Gasteiger charge is -2.16. The molecule has 1 aromatic carbocycles. The molecule has 3 aromatic rings. The van der Waals surface area contributed by atoms with Crippen molar-refractivity contribution < 1.29 is 23.8 Å². The van der Waals surface area contributed by atoms with Crippen molar-refractivity contribution in [2.75, 3.05) is 6.61 Å². The topological polar surface area (TPSA) is 106 Å². The van der Waals surface area contributed by atoms with Gasteiger partial charge in [0.25, 0.3) is 0 Å². The van der Waals surface area contributed by atoms with Crippen LogP contribution < -0.4 is 20.3 Å². The maximum atomic E-state index is 12.6. The fourth-order valence-electron chi connectivity index (χ4n) is 3.64. The molecule has 0 atom stereocenters.